The second kappa shape index (κ2) is 17.0. The average molecular weight is 762 g/mol. The van der Waals surface area contributed by atoms with Gasteiger partial charge in [0.2, 0.25) is 17.7 Å². The van der Waals surface area contributed by atoms with Crippen LogP contribution in [0.2, 0.25) is 10.0 Å². The van der Waals surface area contributed by atoms with E-state index >= 15 is 0 Å². The molecule has 0 spiro atoms. The van der Waals surface area contributed by atoms with Gasteiger partial charge in [0.05, 0.1) is 23.8 Å². The number of hydrogen-bond donors (Lipinski definition) is 0. The van der Waals surface area contributed by atoms with Gasteiger partial charge >= 0.3 is 0 Å². The molecule has 0 saturated carbocycles. The maximum absolute atomic E-state index is 13.2. The van der Waals surface area contributed by atoms with Crippen LogP contribution in [0.4, 0.5) is 0 Å². The molecule has 11 heteroatoms. The Morgan fingerprint density at radius 3 is 2.26 bits per heavy atom. The van der Waals surface area contributed by atoms with Crippen LogP contribution in [0, 0.1) is 6.92 Å². The van der Waals surface area contributed by atoms with E-state index in [0.717, 1.165) is 58.5 Å². The highest BCUT2D eigenvalue weighted by atomic mass is 35.5. The standard InChI is InChI=1S/C43H38Cl2N4O5/c1-29-24-30(25-38(45)43(29)54-39-18-16-36(26-46-39)52-28-33-6-3-4-9-37(33)44)10-19-41(50)49-22-20-48(21-23-49)27-32-8-5-7-31-11-17-40(47-42(31)32)53-35-14-12-34(51-2)13-15-35/h3-19,24-26H,20-23,27-28H2,1-2H3/b19-10+. The number of hydrogen-bond acceptors (Lipinski definition) is 8. The average Bonchev–Trinajstić information content (AvgIpc) is 3.19. The van der Waals surface area contributed by atoms with Crippen LogP contribution in [0.1, 0.15) is 22.3 Å². The highest BCUT2D eigenvalue weighted by Gasteiger charge is 2.21. The number of carbonyl (C=O) groups is 1. The normalized spacial score (nSPS) is 13.3. The van der Waals surface area contributed by atoms with Gasteiger partial charge in [-0.25, -0.2) is 9.97 Å². The molecular weight excluding hydrogens is 723 g/mol. The molecule has 6 aromatic rings. The Morgan fingerprint density at radius 2 is 1.52 bits per heavy atom. The summed E-state index contributed by atoms with van der Waals surface area (Å²) < 4.78 is 23.1. The first-order valence-corrected chi connectivity index (χ1v) is 18.3. The number of fused-ring (bicyclic) bond motifs is 1. The van der Waals surface area contributed by atoms with Crippen molar-refractivity contribution >= 4 is 46.1 Å². The van der Waals surface area contributed by atoms with Gasteiger partial charge in [0, 0.05) is 66.9 Å². The van der Waals surface area contributed by atoms with Crippen molar-refractivity contribution in [2.75, 3.05) is 33.3 Å². The van der Waals surface area contributed by atoms with Gasteiger partial charge in [-0.1, -0.05) is 59.6 Å². The van der Waals surface area contributed by atoms with E-state index in [1.807, 2.05) is 78.6 Å². The zero-order valence-corrected chi connectivity index (χ0v) is 31.4. The molecular formula is C43H38Cl2N4O5. The number of carbonyl (C=O) groups excluding carboxylic acids is 1. The van der Waals surface area contributed by atoms with E-state index in [2.05, 4.69) is 28.1 Å². The van der Waals surface area contributed by atoms with Gasteiger partial charge in [-0.2, -0.15) is 0 Å². The topological polar surface area (TPSA) is 86.3 Å². The molecule has 0 atom stereocenters. The van der Waals surface area contributed by atoms with E-state index in [1.54, 1.807) is 43.7 Å². The number of pyridine rings is 2. The quantitative estimate of drug-likeness (QED) is 0.114. The first kappa shape index (κ1) is 36.7. The molecule has 4 aromatic carbocycles. The number of benzene rings is 4. The number of nitrogens with zero attached hydrogens (tertiary/aromatic N) is 4. The number of halogens is 2. The molecule has 0 N–H and O–H groups in total. The van der Waals surface area contributed by atoms with Crippen molar-refractivity contribution in [3.63, 3.8) is 0 Å². The summed E-state index contributed by atoms with van der Waals surface area (Å²) in [5, 5.41) is 2.11. The van der Waals surface area contributed by atoms with Gasteiger partial charge < -0.3 is 23.8 Å². The fourth-order valence-corrected chi connectivity index (χ4v) is 6.66. The van der Waals surface area contributed by atoms with Crippen LogP contribution >= 0.6 is 23.2 Å². The summed E-state index contributed by atoms with van der Waals surface area (Å²) in [6.45, 7) is 5.69. The monoisotopic (exact) mass is 760 g/mol. The summed E-state index contributed by atoms with van der Waals surface area (Å²) in [5.74, 6) is 3.40. The summed E-state index contributed by atoms with van der Waals surface area (Å²) in [5.41, 5.74) is 4.51. The molecule has 7 rings (SSSR count). The first-order valence-electron chi connectivity index (χ1n) is 17.5. The summed E-state index contributed by atoms with van der Waals surface area (Å²) >= 11 is 12.9. The number of para-hydroxylation sites is 1. The number of ether oxygens (including phenoxy) is 4. The molecule has 1 aliphatic heterocycles. The van der Waals surface area contributed by atoms with Crippen LogP contribution in [0.25, 0.3) is 17.0 Å². The third-order valence-electron chi connectivity index (χ3n) is 9.08. The van der Waals surface area contributed by atoms with Crippen molar-refractivity contribution in [3.05, 3.63) is 148 Å². The van der Waals surface area contributed by atoms with Crippen molar-refractivity contribution in [1.29, 1.82) is 0 Å². The van der Waals surface area contributed by atoms with Gasteiger partial charge in [-0.05, 0) is 84.3 Å². The van der Waals surface area contributed by atoms with Crippen LogP contribution in [0.5, 0.6) is 34.8 Å². The van der Waals surface area contributed by atoms with Gasteiger partial charge in [0.1, 0.15) is 23.9 Å². The Labute approximate surface area is 324 Å². The molecule has 9 nitrogen and oxygen atoms in total. The maximum Gasteiger partial charge on any atom is 0.246 e. The Kier molecular flexibility index (Phi) is 11.6. The zero-order chi connectivity index (χ0) is 37.4. The van der Waals surface area contributed by atoms with E-state index in [0.29, 0.717) is 58.8 Å². The van der Waals surface area contributed by atoms with Gasteiger partial charge in [0.15, 0.2) is 5.75 Å². The third-order valence-corrected chi connectivity index (χ3v) is 9.73. The second-order valence-corrected chi connectivity index (χ2v) is 13.6. The van der Waals surface area contributed by atoms with E-state index in [-0.39, 0.29) is 5.91 Å². The number of aryl methyl sites for hydroxylation is 1. The summed E-state index contributed by atoms with van der Waals surface area (Å²) in [6, 6.07) is 32.3. The van der Waals surface area contributed by atoms with Crippen molar-refractivity contribution in [2.24, 2.45) is 0 Å². The first-order chi connectivity index (χ1) is 26.3. The fraction of sp³-hybridized carbons (Fsp3) is 0.186. The van der Waals surface area contributed by atoms with Crippen molar-refractivity contribution in [2.45, 2.75) is 20.1 Å². The molecule has 1 fully saturated rings. The Balaban J connectivity index is 0.915. The fourth-order valence-electron chi connectivity index (χ4n) is 6.16. The van der Waals surface area contributed by atoms with Crippen LogP contribution in [-0.2, 0) is 17.9 Å². The van der Waals surface area contributed by atoms with E-state index in [4.69, 9.17) is 47.1 Å². The smallest absolute Gasteiger partial charge is 0.246 e. The minimum atomic E-state index is -0.0445. The molecule has 2 aromatic heterocycles. The SMILES string of the molecule is COc1ccc(Oc2ccc3cccc(CN4CCN(C(=O)/C=C/c5cc(C)c(Oc6ccc(OCc7ccccc7Cl)cn6)c(Cl)c5)CC4)c3n2)cc1. The molecule has 0 aliphatic carbocycles. The second-order valence-electron chi connectivity index (χ2n) is 12.8. The van der Waals surface area contributed by atoms with Crippen LogP contribution < -0.4 is 18.9 Å². The van der Waals surface area contributed by atoms with Crippen LogP contribution in [0.15, 0.2) is 115 Å². The molecule has 54 heavy (non-hydrogen) atoms. The molecule has 0 bridgehead atoms. The molecule has 3 heterocycles. The number of aromatic nitrogens is 2. The lowest BCUT2D eigenvalue weighted by Gasteiger charge is -2.34. The number of piperazine rings is 1. The van der Waals surface area contributed by atoms with Crippen molar-refractivity contribution in [1.82, 2.24) is 19.8 Å². The number of amides is 1. The lowest BCUT2D eigenvalue weighted by atomic mass is 10.1. The minimum absolute atomic E-state index is 0.0445. The summed E-state index contributed by atoms with van der Waals surface area (Å²) in [7, 11) is 1.63. The van der Waals surface area contributed by atoms with Crippen LogP contribution in [-0.4, -0.2) is 59.0 Å². The molecule has 1 saturated heterocycles. The van der Waals surface area contributed by atoms with E-state index in [1.165, 1.54) is 0 Å². The van der Waals surface area contributed by atoms with E-state index < -0.39 is 0 Å². The third kappa shape index (κ3) is 9.12. The number of rotatable bonds is 12. The highest BCUT2D eigenvalue weighted by Crippen LogP contribution is 2.34. The predicted molar refractivity (Wildman–Crippen MR) is 212 cm³/mol. The maximum atomic E-state index is 13.2. The highest BCUT2D eigenvalue weighted by molar-refractivity contribution is 6.32. The Morgan fingerprint density at radius 1 is 0.778 bits per heavy atom. The van der Waals surface area contributed by atoms with Crippen LogP contribution in [0.3, 0.4) is 0 Å². The molecule has 1 aliphatic rings. The lowest BCUT2D eigenvalue weighted by molar-refractivity contribution is -0.127. The van der Waals surface area contributed by atoms with Crippen molar-refractivity contribution < 1.29 is 23.7 Å². The zero-order valence-electron chi connectivity index (χ0n) is 29.9. The lowest BCUT2D eigenvalue weighted by Crippen LogP contribution is -2.47. The molecule has 1 amide bonds. The molecule has 0 unspecified atom stereocenters. The minimum Gasteiger partial charge on any atom is -0.497 e. The Hall–Kier alpha value is -5.61. The van der Waals surface area contributed by atoms with Gasteiger partial charge in [-0.3, -0.25) is 9.69 Å². The van der Waals surface area contributed by atoms with E-state index in [9.17, 15) is 4.79 Å². The summed E-state index contributed by atoms with van der Waals surface area (Å²) in [4.78, 5) is 26.6. The van der Waals surface area contributed by atoms with Crippen molar-refractivity contribution in [3.8, 4) is 34.8 Å². The molecule has 0 radical (unpaired) electrons. The summed E-state index contributed by atoms with van der Waals surface area (Å²) in [6.07, 6.45) is 4.98. The largest absolute Gasteiger partial charge is 0.497 e. The van der Waals surface area contributed by atoms with Gasteiger partial charge in [0.25, 0.3) is 0 Å². The number of methoxy groups -OCH3 is 1. The van der Waals surface area contributed by atoms with Gasteiger partial charge in [-0.15, -0.1) is 0 Å². The Bertz CT molecular complexity index is 2250. The molecule has 274 valence electrons. The predicted octanol–water partition coefficient (Wildman–Crippen LogP) is 9.77.